The second-order valence-electron chi connectivity index (χ2n) is 4.61. The Morgan fingerprint density at radius 1 is 1.10 bits per heavy atom. The summed E-state index contributed by atoms with van der Waals surface area (Å²) in [5.74, 6) is 0. The predicted octanol–water partition coefficient (Wildman–Crippen LogP) is 3.34. The van der Waals surface area contributed by atoms with Gasteiger partial charge in [0.1, 0.15) is 0 Å². The Balaban J connectivity index is 2.41. The molecule has 6 heteroatoms. The predicted molar refractivity (Wildman–Crippen MR) is 82.6 cm³/mol. The number of nitrogens with two attached hydrogens (primary N) is 1. The number of benzene rings is 2. The first kappa shape index (κ1) is 14.7. The number of nitrogens with one attached hydrogen (secondary N) is 1. The van der Waals surface area contributed by atoms with Crippen LogP contribution in [0.1, 0.15) is 11.1 Å². The average Bonchev–Trinajstić information content (AvgIpc) is 2.32. The maximum atomic E-state index is 12.4. The molecule has 0 spiro atoms. The normalized spacial score (nSPS) is 11.3. The largest absolute Gasteiger partial charge is 0.399 e. The summed E-state index contributed by atoms with van der Waals surface area (Å²) in [5, 5.41) is 0.363. The molecule has 0 aliphatic heterocycles. The first-order chi connectivity index (χ1) is 9.29. The zero-order chi connectivity index (χ0) is 14.9. The minimum absolute atomic E-state index is 0.184. The first-order valence-corrected chi connectivity index (χ1v) is 7.81. The third-order valence-corrected chi connectivity index (χ3v) is 4.70. The van der Waals surface area contributed by atoms with Gasteiger partial charge in [0.25, 0.3) is 10.0 Å². The molecule has 0 heterocycles. The number of sulfonamides is 1. The fourth-order valence-corrected chi connectivity index (χ4v) is 3.52. The molecule has 0 atom stereocenters. The van der Waals surface area contributed by atoms with Gasteiger partial charge in [0.2, 0.25) is 0 Å². The third-order valence-electron chi connectivity index (χ3n) is 2.86. The van der Waals surface area contributed by atoms with Gasteiger partial charge in [0.05, 0.1) is 15.6 Å². The van der Waals surface area contributed by atoms with Crippen molar-refractivity contribution in [1.29, 1.82) is 0 Å². The van der Waals surface area contributed by atoms with Crippen LogP contribution < -0.4 is 10.5 Å². The summed E-state index contributed by atoms with van der Waals surface area (Å²) in [6.07, 6.45) is 0. The highest BCUT2D eigenvalue weighted by Crippen LogP contribution is 2.27. The number of anilines is 2. The maximum absolute atomic E-state index is 12.4. The molecule has 0 saturated carbocycles. The van der Waals surface area contributed by atoms with Gasteiger partial charge in [-0.25, -0.2) is 8.42 Å². The summed E-state index contributed by atoms with van der Waals surface area (Å²) in [4.78, 5) is 0.184. The Kier molecular flexibility index (Phi) is 3.92. The van der Waals surface area contributed by atoms with Crippen molar-refractivity contribution in [3.8, 4) is 0 Å². The molecule has 2 rings (SSSR count). The van der Waals surface area contributed by atoms with E-state index in [1.807, 2.05) is 6.92 Å². The van der Waals surface area contributed by atoms with Crippen molar-refractivity contribution in [2.75, 3.05) is 10.5 Å². The Morgan fingerprint density at radius 2 is 1.80 bits per heavy atom. The molecule has 0 amide bonds. The first-order valence-electron chi connectivity index (χ1n) is 5.95. The van der Waals surface area contributed by atoms with Crippen LogP contribution in [0.3, 0.4) is 0 Å². The molecular formula is C14H15ClN2O2S. The van der Waals surface area contributed by atoms with E-state index in [-0.39, 0.29) is 4.90 Å². The molecule has 20 heavy (non-hydrogen) atoms. The molecule has 106 valence electrons. The molecular weight excluding hydrogens is 296 g/mol. The molecule has 4 nitrogen and oxygen atoms in total. The van der Waals surface area contributed by atoms with Crippen LogP contribution in [0.2, 0.25) is 5.02 Å². The molecule has 0 fully saturated rings. The quantitative estimate of drug-likeness (QED) is 0.854. The molecule has 0 aromatic heterocycles. The van der Waals surface area contributed by atoms with Crippen LogP contribution in [-0.4, -0.2) is 8.42 Å². The van der Waals surface area contributed by atoms with E-state index in [0.717, 1.165) is 5.56 Å². The molecule has 0 unspecified atom stereocenters. The van der Waals surface area contributed by atoms with Gasteiger partial charge in [0.15, 0.2) is 0 Å². The van der Waals surface area contributed by atoms with E-state index in [2.05, 4.69) is 4.72 Å². The van der Waals surface area contributed by atoms with Crippen molar-refractivity contribution >= 4 is 33.0 Å². The lowest BCUT2D eigenvalue weighted by Gasteiger charge is -2.12. The van der Waals surface area contributed by atoms with Gasteiger partial charge in [0, 0.05) is 5.69 Å². The monoisotopic (exact) mass is 310 g/mol. The lowest BCUT2D eigenvalue weighted by molar-refractivity contribution is 0.600. The van der Waals surface area contributed by atoms with Crippen molar-refractivity contribution in [2.45, 2.75) is 18.7 Å². The number of hydrogen-bond acceptors (Lipinski definition) is 3. The number of halogens is 1. The highest BCUT2D eigenvalue weighted by molar-refractivity contribution is 7.92. The summed E-state index contributed by atoms with van der Waals surface area (Å²) >= 11 is 6.04. The van der Waals surface area contributed by atoms with Gasteiger partial charge >= 0.3 is 0 Å². The van der Waals surface area contributed by atoms with E-state index in [0.29, 0.717) is 22.0 Å². The Bertz CT molecular complexity index is 758. The maximum Gasteiger partial charge on any atom is 0.262 e. The fraction of sp³-hybridized carbons (Fsp3) is 0.143. The topological polar surface area (TPSA) is 72.2 Å². The van der Waals surface area contributed by atoms with Crippen molar-refractivity contribution in [3.63, 3.8) is 0 Å². The fourth-order valence-electron chi connectivity index (χ4n) is 1.88. The molecule has 0 saturated heterocycles. The van der Waals surface area contributed by atoms with Gasteiger partial charge in [-0.1, -0.05) is 17.7 Å². The summed E-state index contributed by atoms with van der Waals surface area (Å²) in [6, 6.07) is 9.79. The lowest BCUT2D eigenvalue weighted by Crippen LogP contribution is -2.14. The van der Waals surface area contributed by atoms with E-state index in [1.54, 1.807) is 37.3 Å². The smallest absolute Gasteiger partial charge is 0.262 e. The van der Waals surface area contributed by atoms with Crippen LogP contribution in [-0.2, 0) is 10.0 Å². The Hall–Kier alpha value is -1.72. The standard InChI is InChI=1S/C14H15ClN2O2S/c1-9-3-5-13(12(15)7-9)17-20(18,19)14-6-4-11(16)8-10(14)2/h3-8,17H,16H2,1-2H3. The van der Waals surface area contributed by atoms with Crippen molar-refractivity contribution in [2.24, 2.45) is 0 Å². The molecule has 2 aromatic carbocycles. The van der Waals surface area contributed by atoms with Gasteiger partial charge < -0.3 is 5.73 Å². The van der Waals surface area contributed by atoms with E-state index in [1.165, 1.54) is 6.07 Å². The molecule has 0 radical (unpaired) electrons. The van der Waals surface area contributed by atoms with Crippen LogP contribution in [0.4, 0.5) is 11.4 Å². The number of hydrogen-bond donors (Lipinski definition) is 2. The molecule has 0 aliphatic carbocycles. The SMILES string of the molecule is Cc1ccc(NS(=O)(=O)c2ccc(N)cc2C)c(Cl)c1. The van der Waals surface area contributed by atoms with Crippen molar-refractivity contribution in [1.82, 2.24) is 0 Å². The van der Waals surface area contributed by atoms with Crippen LogP contribution in [0.25, 0.3) is 0 Å². The minimum atomic E-state index is -3.69. The number of aryl methyl sites for hydroxylation is 2. The molecule has 2 aromatic rings. The Morgan fingerprint density at radius 3 is 2.40 bits per heavy atom. The zero-order valence-corrected chi connectivity index (χ0v) is 12.7. The summed E-state index contributed by atoms with van der Waals surface area (Å²) in [5.41, 5.74) is 8.05. The van der Waals surface area contributed by atoms with Crippen LogP contribution in [0, 0.1) is 13.8 Å². The summed E-state index contributed by atoms with van der Waals surface area (Å²) < 4.78 is 27.2. The zero-order valence-electron chi connectivity index (χ0n) is 11.1. The van der Waals surface area contributed by atoms with Crippen LogP contribution >= 0.6 is 11.6 Å². The van der Waals surface area contributed by atoms with Crippen molar-refractivity contribution in [3.05, 3.63) is 52.5 Å². The summed E-state index contributed by atoms with van der Waals surface area (Å²) in [7, 11) is -3.69. The molecule has 0 aliphatic rings. The van der Waals surface area contributed by atoms with E-state index in [4.69, 9.17) is 17.3 Å². The van der Waals surface area contributed by atoms with Crippen LogP contribution in [0.15, 0.2) is 41.3 Å². The second-order valence-corrected chi connectivity index (χ2v) is 6.67. The van der Waals surface area contributed by atoms with E-state index >= 15 is 0 Å². The van der Waals surface area contributed by atoms with Crippen LogP contribution in [0.5, 0.6) is 0 Å². The minimum Gasteiger partial charge on any atom is -0.399 e. The van der Waals surface area contributed by atoms with Gasteiger partial charge in [-0.15, -0.1) is 0 Å². The number of rotatable bonds is 3. The van der Waals surface area contributed by atoms with E-state index < -0.39 is 10.0 Å². The second kappa shape index (κ2) is 5.34. The molecule has 3 N–H and O–H groups in total. The average molecular weight is 311 g/mol. The highest BCUT2D eigenvalue weighted by atomic mass is 35.5. The number of nitrogen functional groups attached to an aromatic ring is 1. The van der Waals surface area contributed by atoms with Gasteiger partial charge in [-0.05, 0) is 55.3 Å². The third kappa shape index (κ3) is 3.05. The Labute approximate surface area is 123 Å². The highest BCUT2D eigenvalue weighted by Gasteiger charge is 2.18. The molecule has 0 bridgehead atoms. The summed E-state index contributed by atoms with van der Waals surface area (Å²) in [6.45, 7) is 3.58. The lowest BCUT2D eigenvalue weighted by atomic mass is 10.2. The van der Waals surface area contributed by atoms with Gasteiger partial charge in [-0.3, -0.25) is 4.72 Å². The van der Waals surface area contributed by atoms with Crippen molar-refractivity contribution < 1.29 is 8.42 Å². The van der Waals surface area contributed by atoms with Gasteiger partial charge in [-0.2, -0.15) is 0 Å². The van der Waals surface area contributed by atoms with E-state index in [9.17, 15) is 8.42 Å².